The molecule has 158 valence electrons. The van der Waals surface area contributed by atoms with Gasteiger partial charge in [-0.15, -0.1) is 0 Å². The predicted molar refractivity (Wildman–Crippen MR) is 120 cm³/mol. The van der Waals surface area contributed by atoms with Crippen LogP contribution >= 0.6 is 22.9 Å². The molecule has 0 spiro atoms. The average molecular weight is 448 g/mol. The van der Waals surface area contributed by atoms with Gasteiger partial charge in [-0.25, -0.2) is 19.2 Å². The zero-order valence-corrected chi connectivity index (χ0v) is 18.2. The van der Waals surface area contributed by atoms with E-state index in [-0.39, 0.29) is 6.03 Å². The summed E-state index contributed by atoms with van der Waals surface area (Å²) in [6.45, 7) is 0.691. The Morgan fingerprint density at radius 3 is 2.80 bits per heavy atom. The fourth-order valence-corrected chi connectivity index (χ4v) is 4.68. The van der Waals surface area contributed by atoms with Gasteiger partial charge in [0.25, 0.3) is 0 Å². The number of carbonyl (C=O) groups is 1. The number of carbonyl (C=O) groups excluding carboxylic acids is 1. The molecule has 1 aromatic carbocycles. The number of aromatic nitrogens is 2. The Balaban J connectivity index is 1.43. The molecule has 1 saturated carbocycles. The minimum absolute atomic E-state index is 0.250. The molecule has 1 aliphatic rings. The zero-order chi connectivity index (χ0) is 21.1. The van der Waals surface area contributed by atoms with Crippen molar-refractivity contribution >= 4 is 56.0 Å². The molecule has 1 fully saturated rings. The number of hydrogen-bond acceptors (Lipinski definition) is 5. The van der Waals surface area contributed by atoms with Crippen molar-refractivity contribution in [1.29, 1.82) is 0 Å². The molecule has 2 amide bonds. The number of pyridine rings is 1. The monoisotopic (exact) mass is 447 g/mol. The number of nitrogens with zero attached hydrogens (tertiary/aromatic N) is 3. The van der Waals surface area contributed by atoms with E-state index in [2.05, 4.69) is 20.6 Å². The quantitative estimate of drug-likeness (QED) is 0.506. The highest BCUT2D eigenvalue weighted by Gasteiger charge is 2.16. The van der Waals surface area contributed by atoms with Gasteiger partial charge in [0.15, 0.2) is 5.13 Å². The second-order valence-electron chi connectivity index (χ2n) is 7.51. The van der Waals surface area contributed by atoms with E-state index in [0.29, 0.717) is 44.5 Å². The molecule has 0 saturated heterocycles. The summed E-state index contributed by atoms with van der Waals surface area (Å²) in [7, 11) is 1.74. The number of rotatable bonds is 5. The lowest BCUT2D eigenvalue weighted by molar-refractivity contribution is 0.247. The largest absolute Gasteiger partial charge is 0.338 e. The van der Waals surface area contributed by atoms with E-state index in [1.54, 1.807) is 30.1 Å². The smallest absolute Gasteiger partial charge is 0.321 e. The molecule has 9 heteroatoms. The Bertz CT molecular complexity index is 1050. The number of fused-ring (bicyclic) bond motifs is 1. The molecular weight excluding hydrogens is 425 g/mol. The van der Waals surface area contributed by atoms with Crippen molar-refractivity contribution in [2.24, 2.45) is 5.92 Å². The van der Waals surface area contributed by atoms with Crippen molar-refractivity contribution in [2.75, 3.05) is 23.8 Å². The summed E-state index contributed by atoms with van der Waals surface area (Å²) in [5, 5.41) is 6.56. The van der Waals surface area contributed by atoms with Gasteiger partial charge in [-0.3, -0.25) is 5.32 Å². The molecule has 6 nitrogen and oxygen atoms in total. The molecular formula is C21H23ClFN5OS. The normalized spacial score (nSPS) is 14.6. The summed E-state index contributed by atoms with van der Waals surface area (Å²) in [5.74, 6) is 0.710. The number of nitrogens with one attached hydrogen (secondary N) is 2. The van der Waals surface area contributed by atoms with Crippen LogP contribution in [0.15, 0.2) is 30.3 Å². The standard InChI is InChI=1S/C21H23ClFN5OS/c1-28(17-9-7-14(22)11-15(17)23)18-10-8-16-19(26-18)30-21(25-16)27-20(29)24-12-13-5-3-2-4-6-13/h7-11,13H,2-6,12H2,1H3,(H2,24,25,27,29). The van der Waals surface area contributed by atoms with Crippen LogP contribution in [0.2, 0.25) is 5.02 Å². The highest BCUT2D eigenvalue weighted by atomic mass is 35.5. The Kier molecular flexibility index (Phi) is 6.34. The van der Waals surface area contributed by atoms with Crippen molar-refractivity contribution in [1.82, 2.24) is 15.3 Å². The minimum atomic E-state index is -0.423. The molecule has 0 bridgehead atoms. The minimum Gasteiger partial charge on any atom is -0.338 e. The first-order valence-electron chi connectivity index (χ1n) is 10.0. The van der Waals surface area contributed by atoms with E-state index >= 15 is 0 Å². The molecule has 0 atom stereocenters. The van der Waals surface area contributed by atoms with Crippen LogP contribution in [0.5, 0.6) is 0 Å². The molecule has 0 aliphatic heterocycles. The highest BCUT2D eigenvalue weighted by Crippen LogP contribution is 2.31. The number of benzene rings is 1. The lowest BCUT2D eigenvalue weighted by Gasteiger charge is -2.21. The number of urea groups is 1. The second-order valence-corrected chi connectivity index (χ2v) is 8.92. The summed E-state index contributed by atoms with van der Waals surface area (Å²) in [6, 6.07) is 7.84. The number of anilines is 3. The molecule has 2 aromatic heterocycles. The van der Waals surface area contributed by atoms with Gasteiger partial charge in [0.2, 0.25) is 0 Å². The zero-order valence-electron chi connectivity index (χ0n) is 16.6. The van der Waals surface area contributed by atoms with Gasteiger partial charge >= 0.3 is 6.03 Å². The summed E-state index contributed by atoms with van der Waals surface area (Å²) < 4.78 is 14.2. The molecule has 2 heterocycles. The lowest BCUT2D eigenvalue weighted by Crippen LogP contribution is -2.33. The fraction of sp³-hybridized carbons (Fsp3) is 0.381. The molecule has 4 rings (SSSR count). The molecule has 2 N–H and O–H groups in total. The van der Waals surface area contributed by atoms with Crippen LogP contribution in [0.3, 0.4) is 0 Å². The first-order valence-corrected chi connectivity index (χ1v) is 11.2. The first-order chi connectivity index (χ1) is 14.5. The summed E-state index contributed by atoms with van der Waals surface area (Å²) in [6.07, 6.45) is 6.14. The maximum atomic E-state index is 14.2. The Morgan fingerprint density at radius 1 is 1.23 bits per heavy atom. The lowest BCUT2D eigenvalue weighted by atomic mass is 9.89. The Hall–Kier alpha value is -2.45. The topological polar surface area (TPSA) is 70.2 Å². The molecule has 0 unspecified atom stereocenters. The van der Waals surface area contributed by atoms with Crippen LogP contribution in [0.4, 0.5) is 25.8 Å². The Morgan fingerprint density at radius 2 is 2.03 bits per heavy atom. The van der Waals surface area contributed by atoms with Crippen molar-refractivity contribution < 1.29 is 9.18 Å². The number of halogens is 2. The fourth-order valence-electron chi connectivity index (χ4n) is 3.69. The average Bonchev–Trinajstić information content (AvgIpc) is 3.14. The van der Waals surface area contributed by atoms with Gasteiger partial charge in [-0.1, -0.05) is 42.2 Å². The van der Waals surface area contributed by atoms with Gasteiger partial charge in [0, 0.05) is 18.6 Å². The predicted octanol–water partition coefficient (Wildman–Crippen LogP) is 5.95. The van der Waals surface area contributed by atoms with Crippen LogP contribution < -0.4 is 15.5 Å². The first kappa shape index (κ1) is 20.8. The molecule has 1 aliphatic carbocycles. The van der Waals surface area contributed by atoms with Crippen LogP contribution in [0.1, 0.15) is 32.1 Å². The Labute approximate surface area is 183 Å². The number of hydrogen-bond donors (Lipinski definition) is 2. The van der Waals surface area contributed by atoms with Gasteiger partial charge in [-0.05, 0) is 49.1 Å². The SMILES string of the molecule is CN(c1ccc2nc(NC(=O)NCC3CCCCC3)sc2n1)c1ccc(Cl)cc1F. The summed E-state index contributed by atoms with van der Waals surface area (Å²) in [5.41, 5.74) is 1.05. The molecule has 3 aromatic rings. The third-order valence-corrected chi connectivity index (χ3v) is 6.47. The van der Waals surface area contributed by atoms with Crippen molar-refractivity contribution in [2.45, 2.75) is 32.1 Å². The van der Waals surface area contributed by atoms with Gasteiger partial charge in [0.05, 0.1) is 5.69 Å². The van der Waals surface area contributed by atoms with Crippen LogP contribution in [0, 0.1) is 11.7 Å². The van der Waals surface area contributed by atoms with E-state index in [1.807, 2.05) is 6.07 Å². The van der Waals surface area contributed by atoms with Crippen molar-refractivity contribution in [3.63, 3.8) is 0 Å². The third-order valence-electron chi connectivity index (χ3n) is 5.35. The van der Waals surface area contributed by atoms with Crippen molar-refractivity contribution in [3.8, 4) is 0 Å². The van der Waals surface area contributed by atoms with Crippen LogP contribution in [-0.2, 0) is 0 Å². The maximum Gasteiger partial charge on any atom is 0.321 e. The summed E-state index contributed by atoms with van der Waals surface area (Å²) in [4.78, 5) is 23.5. The van der Waals surface area contributed by atoms with E-state index in [9.17, 15) is 9.18 Å². The van der Waals surface area contributed by atoms with Crippen LogP contribution in [0.25, 0.3) is 10.3 Å². The maximum absolute atomic E-state index is 14.2. The van der Waals surface area contributed by atoms with Crippen molar-refractivity contribution in [3.05, 3.63) is 41.2 Å². The highest BCUT2D eigenvalue weighted by molar-refractivity contribution is 7.22. The van der Waals surface area contributed by atoms with E-state index in [4.69, 9.17) is 11.6 Å². The number of amides is 2. The number of thiazole rings is 1. The summed E-state index contributed by atoms with van der Waals surface area (Å²) >= 11 is 7.12. The van der Waals surface area contributed by atoms with E-state index < -0.39 is 5.82 Å². The second kappa shape index (κ2) is 9.14. The molecule has 0 radical (unpaired) electrons. The van der Waals surface area contributed by atoms with Gasteiger partial charge in [0.1, 0.15) is 22.0 Å². The molecule has 30 heavy (non-hydrogen) atoms. The van der Waals surface area contributed by atoms with Gasteiger partial charge in [-0.2, -0.15) is 0 Å². The third kappa shape index (κ3) is 4.82. The van der Waals surface area contributed by atoms with E-state index in [0.717, 1.165) is 0 Å². The van der Waals surface area contributed by atoms with E-state index in [1.165, 1.54) is 49.5 Å². The van der Waals surface area contributed by atoms with Gasteiger partial charge < -0.3 is 10.2 Å². The van der Waals surface area contributed by atoms with Crippen LogP contribution in [-0.4, -0.2) is 29.6 Å².